The van der Waals surface area contributed by atoms with Crippen molar-refractivity contribution in [3.05, 3.63) is 30.1 Å². The first kappa shape index (κ1) is 14.9. The van der Waals surface area contributed by atoms with Gasteiger partial charge in [-0.25, -0.2) is 12.8 Å². The number of hydrogen-bond donors (Lipinski definition) is 1. The fourth-order valence-electron chi connectivity index (χ4n) is 2.23. The second-order valence-electron chi connectivity index (χ2n) is 5.00. The fourth-order valence-corrected chi connectivity index (χ4v) is 4.04. The highest BCUT2D eigenvalue weighted by Gasteiger charge is 2.31. The number of nitrogens with one attached hydrogen (secondary N) is 1. The maximum absolute atomic E-state index is 13.4. The van der Waals surface area contributed by atoms with Crippen LogP contribution < -0.4 is 5.32 Å². The monoisotopic (exact) mass is 300 g/mol. The largest absolute Gasteiger partial charge is 0.322 e. The van der Waals surface area contributed by atoms with Crippen molar-refractivity contribution in [1.29, 1.82) is 0 Å². The summed E-state index contributed by atoms with van der Waals surface area (Å²) >= 11 is 0. The molecular weight excluding hydrogens is 283 g/mol. The molecule has 0 spiro atoms. The number of halogens is 1. The molecule has 1 aliphatic heterocycles. The molecule has 2 rings (SSSR count). The molecule has 1 aromatic rings. The van der Waals surface area contributed by atoms with Crippen LogP contribution in [0.1, 0.15) is 6.42 Å². The zero-order valence-electron chi connectivity index (χ0n) is 11.2. The van der Waals surface area contributed by atoms with Gasteiger partial charge in [0.15, 0.2) is 9.84 Å². The number of hydrogen-bond acceptors (Lipinski definition) is 4. The number of nitrogens with zero attached hydrogens (tertiary/aromatic N) is 1. The van der Waals surface area contributed by atoms with Crippen LogP contribution in [0.25, 0.3) is 0 Å². The Bertz CT molecular complexity index is 603. The molecule has 1 unspecified atom stereocenters. The molecule has 1 atom stereocenters. The van der Waals surface area contributed by atoms with E-state index in [1.165, 1.54) is 12.1 Å². The van der Waals surface area contributed by atoms with E-state index in [4.69, 9.17) is 0 Å². The van der Waals surface area contributed by atoms with Gasteiger partial charge >= 0.3 is 0 Å². The molecule has 5 nitrogen and oxygen atoms in total. The summed E-state index contributed by atoms with van der Waals surface area (Å²) in [5.74, 6) is -0.609. The summed E-state index contributed by atoms with van der Waals surface area (Å²) in [4.78, 5) is 13.5. The Morgan fingerprint density at radius 3 is 2.75 bits per heavy atom. The first-order valence-corrected chi connectivity index (χ1v) is 8.14. The quantitative estimate of drug-likeness (QED) is 0.896. The number of anilines is 1. The fraction of sp³-hybridized carbons (Fsp3) is 0.462. The predicted octanol–water partition coefficient (Wildman–Crippen LogP) is 0.883. The van der Waals surface area contributed by atoms with Gasteiger partial charge in [0.25, 0.3) is 0 Å². The van der Waals surface area contributed by atoms with Gasteiger partial charge in [0.1, 0.15) is 5.82 Å². The van der Waals surface area contributed by atoms with Crippen molar-refractivity contribution in [2.75, 3.05) is 30.4 Å². The lowest BCUT2D eigenvalue weighted by Gasteiger charge is -2.22. The Balaban J connectivity index is 1.90. The van der Waals surface area contributed by atoms with Gasteiger partial charge in [-0.1, -0.05) is 12.1 Å². The molecule has 1 N–H and O–H groups in total. The van der Waals surface area contributed by atoms with Crippen molar-refractivity contribution in [1.82, 2.24) is 4.90 Å². The number of carbonyl (C=O) groups excluding carboxylic acids is 1. The van der Waals surface area contributed by atoms with Gasteiger partial charge in [0.2, 0.25) is 5.91 Å². The van der Waals surface area contributed by atoms with Gasteiger partial charge in [0, 0.05) is 6.04 Å². The van der Waals surface area contributed by atoms with E-state index < -0.39 is 15.7 Å². The number of sulfone groups is 1. The summed E-state index contributed by atoms with van der Waals surface area (Å²) in [7, 11) is -1.27. The molecule has 0 saturated carbocycles. The topological polar surface area (TPSA) is 66.5 Å². The van der Waals surface area contributed by atoms with E-state index in [9.17, 15) is 17.6 Å². The van der Waals surface area contributed by atoms with Crippen LogP contribution in [0.15, 0.2) is 24.3 Å². The molecule has 1 aromatic carbocycles. The average Bonchev–Trinajstić information content (AvgIpc) is 2.73. The van der Waals surface area contributed by atoms with Crippen molar-refractivity contribution < 1.29 is 17.6 Å². The Morgan fingerprint density at radius 2 is 2.15 bits per heavy atom. The Labute approximate surface area is 117 Å². The molecule has 7 heteroatoms. The van der Waals surface area contributed by atoms with Crippen LogP contribution in [0.4, 0.5) is 10.1 Å². The minimum atomic E-state index is -2.98. The average molecular weight is 300 g/mol. The molecule has 0 bridgehead atoms. The number of para-hydroxylation sites is 1. The van der Waals surface area contributed by atoms with E-state index >= 15 is 0 Å². The first-order valence-electron chi connectivity index (χ1n) is 6.32. The van der Waals surface area contributed by atoms with Gasteiger partial charge in [-0.2, -0.15) is 0 Å². The van der Waals surface area contributed by atoms with E-state index in [2.05, 4.69) is 5.32 Å². The Hall–Kier alpha value is -1.47. The molecule has 1 fully saturated rings. The van der Waals surface area contributed by atoms with Crippen molar-refractivity contribution in [2.45, 2.75) is 12.5 Å². The van der Waals surface area contributed by atoms with E-state index in [1.807, 2.05) is 0 Å². The Morgan fingerprint density at radius 1 is 1.45 bits per heavy atom. The van der Waals surface area contributed by atoms with Gasteiger partial charge in [-0.3, -0.25) is 9.69 Å². The zero-order chi connectivity index (χ0) is 14.8. The van der Waals surface area contributed by atoms with E-state index in [0.717, 1.165) is 0 Å². The standard InChI is InChI=1S/C13H17FN2O3S/c1-16(10-6-7-20(18,19)9-10)8-13(17)15-12-5-3-2-4-11(12)14/h2-5,10H,6-9H2,1H3,(H,15,17). The van der Waals surface area contributed by atoms with Crippen LogP contribution in [-0.2, 0) is 14.6 Å². The van der Waals surface area contributed by atoms with Gasteiger partial charge in [-0.05, 0) is 25.6 Å². The van der Waals surface area contributed by atoms with Crippen molar-refractivity contribution >= 4 is 21.4 Å². The molecule has 0 aromatic heterocycles. The van der Waals surface area contributed by atoms with Gasteiger partial charge in [0.05, 0.1) is 23.7 Å². The minimum Gasteiger partial charge on any atom is -0.322 e. The molecule has 1 saturated heterocycles. The second kappa shape index (κ2) is 5.88. The highest BCUT2D eigenvalue weighted by Crippen LogP contribution is 2.17. The lowest BCUT2D eigenvalue weighted by molar-refractivity contribution is -0.117. The second-order valence-corrected chi connectivity index (χ2v) is 7.23. The summed E-state index contributed by atoms with van der Waals surface area (Å²) in [5.41, 5.74) is 0.130. The van der Waals surface area contributed by atoms with Crippen LogP contribution in [0, 0.1) is 5.82 Å². The summed E-state index contributed by atoms with van der Waals surface area (Å²) in [6.07, 6.45) is 0.534. The van der Waals surface area contributed by atoms with Crippen molar-refractivity contribution in [2.24, 2.45) is 0 Å². The van der Waals surface area contributed by atoms with E-state index in [-0.39, 0.29) is 35.7 Å². The third-order valence-electron chi connectivity index (χ3n) is 3.37. The highest BCUT2D eigenvalue weighted by molar-refractivity contribution is 7.91. The molecule has 0 radical (unpaired) electrons. The summed E-state index contributed by atoms with van der Waals surface area (Å²) in [6.45, 7) is 0.0362. The molecule has 0 aliphatic carbocycles. The first-order chi connectivity index (χ1) is 9.37. The molecule has 20 heavy (non-hydrogen) atoms. The smallest absolute Gasteiger partial charge is 0.238 e. The lowest BCUT2D eigenvalue weighted by atomic mass is 10.2. The lowest BCUT2D eigenvalue weighted by Crippen LogP contribution is -2.38. The van der Waals surface area contributed by atoms with E-state index in [1.54, 1.807) is 24.1 Å². The number of likely N-dealkylation sites (N-methyl/N-ethyl adjacent to an activating group) is 1. The third kappa shape index (κ3) is 3.77. The number of carbonyl (C=O) groups is 1. The molecule has 110 valence electrons. The summed E-state index contributed by atoms with van der Waals surface area (Å²) in [6, 6.07) is 5.77. The minimum absolute atomic E-state index is 0.0362. The van der Waals surface area contributed by atoms with Gasteiger partial charge in [-0.15, -0.1) is 0 Å². The van der Waals surface area contributed by atoms with Crippen LogP contribution in [0.5, 0.6) is 0 Å². The van der Waals surface area contributed by atoms with Gasteiger partial charge < -0.3 is 5.32 Å². The summed E-state index contributed by atoms with van der Waals surface area (Å²) in [5, 5.41) is 2.48. The molecule has 1 heterocycles. The molecular formula is C13H17FN2O3S. The number of amides is 1. The maximum Gasteiger partial charge on any atom is 0.238 e. The van der Waals surface area contributed by atoms with Crippen LogP contribution in [-0.4, -0.2) is 50.4 Å². The third-order valence-corrected chi connectivity index (χ3v) is 5.12. The zero-order valence-corrected chi connectivity index (χ0v) is 12.0. The van der Waals surface area contributed by atoms with E-state index in [0.29, 0.717) is 6.42 Å². The highest BCUT2D eigenvalue weighted by atomic mass is 32.2. The van der Waals surface area contributed by atoms with Crippen molar-refractivity contribution in [3.8, 4) is 0 Å². The predicted molar refractivity (Wildman–Crippen MR) is 74.7 cm³/mol. The number of benzene rings is 1. The normalized spacial score (nSPS) is 21.1. The van der Waals surface area contributed by atoms with Crippen LogP contribution in [0.3, 0.4) is 0 Å². The number of rotatable bonds is 4. The molecule has 1 aliphatic rings. The van der Waals surface area contributed by atoms with Crippen molar-refractivity contribution in [3.63, 3.8) is 0 Å². The Kier molecular flexibility index (Phi) is 4.39. The maximum atomic E-state index is 13.4. The van der Waals surface area contributed by atoms with Crippen LogP contribution >= 0.6 is 0 Å². The molecule has 1 amide bonds. The van der Waals surface area contributed by atoms with Crippen LogP contribution in [0.2, 0.25) is 0 Å². The SMILES string of the molecule is CN(CC(=O)Nc1ccccc1F)C1CCS(=O)(=O)C1. The summed E-state index contributed by atoms with van der Waals surface area (Å²) < 4.78 is 36.2.